The average Bonchev–Trinajstić information content (AvgIpc) is 2.46. The Kier molecular flexibility index (Phi) is 4.49. The fourth-order valence-electron chi connectivity index (χ4n) is 1.85. The van der Waals surface area contributed by atoms with E-state index in [-0.39, 0.29) is 12.3 Å². The molecule has 0 unspecified atom stereocenters. The lowest BCUT2D eigenvalue weighted by atomic mass is 10.1. The summed E-state index contributed by atoms with van der Waals surface area (Å²) in [5, 5.41) is 20.2. The molecule has 0 saturated heterocycles. The van der Waals surface area contributed by atoms with Crippen LogP contribution in [0, 0.1) is 15.9 Å². The molecule has 0 amide bonds. The third-order valence-electron chi connectivity index (χ3n) is 2.96. The summed E-state index contributed by atoms with van der Waals surface area (Å²) in [6, 6.07) is 9.86. The second-order valence-electron chi connectivity index (χ2n) is 4.57. The van der Waals surface area contributed by atoms with E-state index in [0.717, 1.165) is 5.56 Å². The van der Waals surface area contributed by atoms with Crippen LogP contribution >= 0.6 is 0 Å². The third kappa shape index (κ3) is 3.76. The summed E-state index contributed by atoms with van der Waals surface area (Å²) in [7, 11) is 0. The maximum atomic E-state index is 13.2. The minimum absolute atomic E-state index is 0.00482. The average molecular weight is 291 g/mol. The van der Waals surface area contributed by atoms with Gasteiger partial charge in [-0.15, -0.1) is 0 Å². The van der Waals surface area contributed by atoms with Crippen LogP contribution in [0.4, 0.5) is 10.1 Å². The number of non-ortho nitro benzene ring substituents is 1. The molecule has 5 nitrogen and oxygen atoms in total. The molecular formula is C15H14FNO4. The summed E-state index contributed by atoms with van der Waals surface area (Å²) >= 11 is 0. The summed E-state index contributed by atoms with van der Waals surface area (Å²) in [6.45, 7) is 1.69. The summed E-state index contributed by atoms with van der Waals surface area (Å²) in [6.07, 6.45) is -0.854. The Hall–Kier alpha value is -2.47. The van der Waals surface area contributed by atoms with Gasteiger partial charge in [-0.3, -0.25) is 10.1 Å². The van der Waals surface area contributed by atoms with E-state index >= 15 is 0 Å². The van der Waals surface area contributed by atoms with E-state index in [4.69, 9.17) is 4.74 Å². The zero-order valence-corrected chi connectivity index (χ0v) is 11.3. The van der Waals surface area contributed by atoms with E-state index < -0.39 is 16.8 Å². The van der Waals surface area contributed by atoms with Crippen LogP contribution in [0.5, 0.6) is 5.75 Å². The molecule has 2 aromatic carbocycles. The molecular weight excluding hydrogens is 277 g/mol. The fourth-order valence-corrected chi connectivity index (χ4v) is 1.85. The van der Waals surface area contributed by atoms with Crippen LogP contribution in [-0.4, -0.2) is 10.0 Å². The van der Waals surface area contributed by atoms with Crippen molar-refractivity contribution in [3.05, 3.63) is 69.5 Å². The zero-order valence-electron chi connectivity index (χ0n) is 11.3. The zero-order chi connectivity index (χ0) is 15.4. The van der Waals surface area contributed by atoms with E-state index in [9.17, 15) is 19.6 Å². The van der Waals surface area contributed by atoms with Crippen molar-refractivity contribution in [2.75, 3.05) is 0 Å². The second-order valence-corrected chi connectivity index (χ2v) is 4.57. The molecule has 110 valence electrons. The van der Waals surface area contributed by atoms with Gasteiger partial charge in [0.05, 0.1) is 11.0 Å². The lowest BCUT2D eigenvalue weighted by Gasteiger charge is -2.13. The van der Waals surface area contributed by atoms with E-state index in [1.165, 1.54) is 37.3 Å². The molecule has 2 rings (SSSR count). The first-order valence-electron chi connectivity index (χ1n) is 6.31. The number of ether oxygens (including phenoxy) is 1. The molecule has 6 heteroatoms. The lowest BCUT2D eigenvalue weighted by Crippen LogP contribution is -2.01. The van der Waals surface area contributed by atoms with Crippen molar-refractivity contribution in [1.29, 1.82) is 0 Å². The predicted molar refractivity (Wildman–Crippen MR) is 74.5 cm³/mol. The smallest absolute Gasteiger partial charge is 0.269 e. The molecule has 1 atom stereocenters. The Morgan fingerprint density at radius 2 is 1.95 bits per heavy atom. The highest BCUT2D eigenvalue weighted by atomic mass is 19.1. The van der Waals surface area contributed by atoms with Crippen molar-refractivity contribution in [3.63, 3.8) is 0 Å². The monoisotopic (exact) mass is 291 g/mol. The summed E-state index contributed by atoms with van der Waals surface area (Å²) in [5.74, 6) is -0.0710. The van der Waals surface area contributed by atoms with Crippen molar-refractivity contribution in [1.82, 2.24) is 0 Å². The first-order valence-corrected chi connectivity index (χ1v) is 6.31. The SMILES string of the molecule is C[C@@H](O)c1cc(F)ccc1OCc1ccc([N+](=O)[O-])cc1. The van der Waals surface area contributed by atoms with Crippen LogP contribution in [0.15, 0.2) is 42.5 Å². The molecule has 0 bridgehead atoms. The highest BCUT2D eigenvalue weighted by Crippen LogP contribution is 2.26. The molecule has 21 heavy (non-hydrogen) atoms. The van der Waals surface area contributed by atoms with Gasteiger partial charge < -0.3 is 9.84 Å². The predicted octanol–water partition coefficient (Wildman–Crippen LogP) is 3.37. The van der Waals surface area contributed by atoms with Gasteiger partial charge in [-0.2, -0.15) is 0 Å². The molecule has 0 aliphatic carbocycles. The van der Waals surface area contributed by atoms with Gasteiger partial charge in [0, 0.05) is 17.7 Å². The number of nitrogens with zero attached hydrogens (tertiary/aromatic N) is 1. The van der Waals surface area contributed by atoms with Crippen LogP contribution in [0.1, 0.15) is 24.2 Å². The van der Waals surface area contributed by atoms with Gasteiger partial charge in [0.2, 0.25) is 0 Å². The van der Waals surface area contributed by atoms with Gasteiger partial charge >= 0.3 is 0 Å². The van der Waals surface area contributed by atoms with Crippen LogP contribution in [0.2, 0.25) is 0 Å². The lowest BCUT2D eigenvalue weighted by molar-refractivity contribution is -0.384. The number of benzene rings is 2. The van der Waals surface area contributed by atoms with E-state index in [1.54, 1.807) is 12.1 Å². The number of aliphatic hydroxyl groups is 1. The summed E-state index contributed by atoms with van der Waals surface area (Å²) in [4.78, 5) is 10.1. The number of nitro benzene ring substituents is 1. The molecule has 0 spiro atoms. The molecule has 0 radical (unpaired) electrons. The van der Waals surface area contributed by atoms with Crippen molar-refractivity contribution in [2.45, 2.75) is 19.6 Å². The number of hydrogen-bond donors (Lipinski definition) is 1. The quantitative estimate of drug-likeness (QED) is 0.677. The van der Waals surface area contributed by atoms with Crippen LogP contribution in [0.25, 0.3) is 0 Å². The molecule has 2 aromatic rings. The molecule has 0 heterocycles. The molecule has 0 aliphatic heterocycles. The van der Waals surface area contributed by atoms with Crippen molar-refractivity contribution in [3.8, 4) is 5.75 Å². The maximum Gasteiger partial charge on any atom is 0.269 e. The Balaban J connectivity index is 2.11. The number of aliphatic hydroxyl groups excluding tert-OH is 1. The van der Waals surface area contributed by atoms with Crippen LogP contribution in [-0.2, 0) is 6.61 Å². The largest absolute Gasteiger partial charge is 0.489 e. The van der Waals surface area contributed by atoms with Crippen molar-refractivity contribution in [2.24, 2.45) is 0 Å². The van der Waals surface area contributed by atoms with E-state index in [0.29, 0.717) is 11.3 Å². The first-order chi connectivity index (χ1) is 9.97. The van der Waals surface area contributed by atoms with Gasteiger partial charge in [-0.1, -0.05) is 0 Å². The van der Waals surface area contributed by atoms with Crippen LogP contribution in [0.3, 0.4) is 0 Å². The van der Waals surface area contributed by atoms with Gasteiger partial charge in [-0.25, -0.2) is 4.39 Å². The van der Waals surface area contributed by atoms with E-state index in [1.807, 2.05) is 0 Å². The van der Waals surface area contributed by atoms with Crippen LogP contribution < -0.4 is 4.74 Å². The van der Waals surface area contributed by atoms with Gasteiger partial charge in [0.25, 0.3) is 5.69 Å². The highest BCUT2D eigenvalue weighted by Gasteiger charge is 2.11. The number of rotatable bonds is 5. The highest BCUT2D eigenvalue weighted by molar-refractivity contribution is 5.36. The van der Waals surface area contributed by atoms with Gasteiger partial charge in [0.15, 0.2) is 0 Å². The first kappa shape index (κ1) is 14.9. The molecule has 0 aromatic heterocycles. The Morgan fingerprint density at radius 1 is 1.29 bits per heavy atom. The molecule has 0 fully saturated rings. The normalized spacial score (nSPS) is 12.0. The Morgan fingerprint density at radius 3 is 2.52 bits per heavy atom. The summed E-state index contributed by atoms with van der Waals surface area (Å²) < 4.78 is 18.7. The number of halogens is 1. The van der Waals surface area contributed by atoms with Gasteiger partial charge in [0.1, 0.15) is 18.2 Å². The second kappa shape index (κ2) is 6.32. The Bertz CT molecular complexity index is 641. The minimum atomic E-state index is -0.854. The standard InChI is InChI=1S/C15H14FNO4/c1-10(18)14-8-12(16)4-7-15(14)21-9-11-2-5-13(6-3-11)17(19)20/h2-8,10,18H,9H2,1H3/t10-/m1/s1. The van der Waals surface area contributed by atoms with Gasteiger partial charge in [-0.05, 0) is 42.8 Å². The van der Waals surface area contributed by atoms with E-state index in [2.05, 4.69) is 0 Å². The maximum absolute atomic E-state index is 13.2. The topological polar surface area (TPSA) is 72.6 Å². The number of hydrogen-bond acceptors (Lipinski definition) is 4. The van der Waals surface area contributed by atoms with Crippen molar-refractivity contribution >= 4 is 5.69 Å². The Labute approximate surface area is 120 Å². The molecule has 1 N–H and O–H groups in total. The summed E-state index contributed by atoms with van der Waals surface area (Å²) in [5.41, 5.74) is 1.10. The van der Waals surface area contributed by atoms with Crippen molar-refractivity contribution < 1.29 is 19.2 Å². The molecule has 0 aliphatic rings. The fraction of sp³-hybridized carbons (Fsp3) is 0.200. The number of nitro groups is 1. The molecule has 0 saturated carbocycles. The third-order valence-corrected chi connectivity index (χ3v) is 2.96. The minimum Gasteiger partial charge on any atom is -0.489 e.